The fourth-order valence-corrected chi connectivity index (χ4v) is 4.67. The van der Waals surface area contributed by atoms with Gasteiger partial charge in [0.25, 0.3) is 10.0 Å². The fraction of sp³-hybridized carbons (Fsp3) is 0.458. The van der Waals surface area contributed by atoms with Crippen LogP contribution in [0.2, 0.25) is 0 Å². The molecule has 0 aromatic heterocycles. The molecule has 1 fully saturated rings. The maximum absolute atomic E-state index is 12.7. The molecule has 0 spiro atoms. The second-order valence-electron chi connectivity index (χ2n) is 8.60. The lowest BCUT2D eigenvalue weighted by molar-refractivity contribution is -0.123. The third-order valence-corrected chi connectivity index (χ3v) is 7.05. The van der Waals surface area contributed by atoms with Crippen LogP contribution < -0.4 is 10.0 Å². The van der Waals surface area contributed by atoms with Gasteiger partial charge in [-0.1, -0.05) is 51.5 Å². The Hall–Kier alpha value is -2.34. The number of amides is 1. The molecule has 2 N–H and O–H groups in total. The number of benzene rings is 2. The molecule has 0 atom stereocenters. The van der Waals surface area contributed by atoms with E-state index in [1.807, 2.05) is 24.3 Å². The topological polar surface area (TPSA) is 75.3 Å². The second-order valence-corrected chi connectivity index (χ2v) is 10.3. The molecular formula is C24H32N2O3S. The van der Waals surface area contributed by atoms with Crippen molar-refractivity contribution in [3.05, 3.63) is 59.7 Å². The molecule has 0 radical (unpaired) electrons. The van der Waals surface area contributed by atoms with Gasteiger partial charge in [-0.15, -0.1) is 0 Å². The van der Waals surface area contributed by atoms with Crippen molar-refractivity contribution in [3.63, 3.8) is 0 Å². The summed E-state index contributed by atoms with van der Waals surface area (Å²) in [5.41, 5.74) is 2.11. The van der Waals surface area contributed by atoms with Gasteiger partial charge in [-0.2, -0.15) is 0 Å². The first-order valence-electron chi connectivity index (χ1n) is 10.8. The van der Waals surface area contributed by atoms with Crippen molar-refractivity contribution in [2.75, 3.05) is 11.3 Å². The summed E-state index contributed by atoms with van der Waals surface area (Å²) in [5, 5.41) is 3.05. The minimum atomic E-state index is -3.64. The summed E-state index contributed by atoms with van der Waals surface area (Å²) < 4.78 is 28.0. The zero-order chi connectivity index (χ0) is 21.8. The molecule has 3 rings (SSSR count). The third-order valence-electron chi connectivity index (χ3n) is 5.65. The number of anilines is 1. The zero-order valence-corrected chi connectivity index (χ0v) is 18.9. The van der Waals surface area contributed by atoms with Crippen LogP contribution >= 0.6 is 0 Å². The van der Waals surface area contributed by atoms with Crippen molar-refractivity contribution in [3.8, 4) is 0 Å². The summed E-state index contributed by atoms with van der Waals surface area (Å²) in [7, 11) is -3.64. The summed E-state index contributed by atoms with van der Waals surface area (Å²) in [5.74, 6) is 0.624. The molecule has 1 aliphatic rings. The van der Waals surface area contributed by atoms with Gasteiger partial charge in [0.15, 0.2) is 0 Å². The van der Waals surface area contributed by atoms with Crippen molar-refractivity contribution >= 4 is 21.6 Å². The molecule has 2 aromatic carbocycles. The molecule has 0 aliphatic heterocycles. The molecule has 6 heteroatoms. The first-order valence-corrected chi connectivity index (χ1v) is 12.3. The van der Waals surface area contributed by atoms with E-state index in [1.54, 1.807) is 24.3 Å². The Kier molecular flexibility index (Phi) is 6.86. The smallest absolute Gasteiger partial charge is 0.261 e. The van der Waals surface area contributed by atoms with Gasteiger partial charge in [0.05, 0.1) is 10.3 Å². The van der Waals surface area contributed by atoms with Crippen molar-refractivity contribution in [1.82, 2.24) is 5.32 Å². The molecule has 1 aliphatic carbocycles. The van der Waals surface area contributed by atoms with E-state index in [2.05, 4.69) is 30.8 Å². The molecule has 2 aromatic rings. The first kappa shape index (κ1) is 22.3. The lowest BCUT2D eigenvalue weighted by Gasteiger charge is -2.17. The van der Waals surface area contributed by atoms with E-state index >= 15 is 0 Å². The highest BCUT2D eigenvalue weighted by Gasteiger charge is 2.51. The maximum Gasteiger partial charge on any atom is 0.261 e. The number of hydrogen-bond acceptors (Lipinski definition) is 3. The number of nitrogens with one attached hydrogen (secondary N) is 2. The molecule has 0 bridgehead atoms. The minimum absolute atomic E-state index is 0.0728. The van der Waals surface area contributed by atoms with Crippen LogP contribution in [-0.4, -0.2) is 20.9 Å². The van der Waals surface area contributed by atoms with E-state index in [4.69, 9.17) is 0 Å². The van der Waals surface area contributed by atoms with E-state index in [9.17, 15) is 13.2 Å². The van der Waals surface area contributed by atoms with Crippen molar-refractivity contribution in [1.29, 1.82) is 0 Å². The molecule has 30 heavy (non-hydrogen) atoms. The van der Waals surface area contributed by atoms with Crippen LogP contribution in [-0.2, 0) is 26.7 Å². The van der Waals surface area contributed by atoms with Gasteiger partial charge < -0.3 is 5.32 Å². The number of carbonyl (C=O) groups is 1. The standard InChI is InChI=1S/C24H32N2O3S/c1-4-5-19-6-12-22(13-7-19)30(28,29)26-21-10-8-20(9-11-21)24(15-16-24)23(27)25-17-14-18(2)3/h6-13,18,26H,4-5,14-17H2,1-3H3,(H,25,27). The Morgan fingerprint density at radius 2 is 1.67 bits per heavy atom. The molecule has 5 nitrogen and oxygen atoms in total. The van der Waals surface area contributed by atoms with Crippen molar-refractivity contribution in [2.45, 2.75) is 63.2 Å². The van der Waals surface area contributed by atoms with Crippen LogP contribution in [0.4, 0.5) is 5.69 Å². The summed E-state index contributed by atoms with van der Waals surface area (Å²) in [4.78, 5) is 12.9. The van der Waals surface area contributed by atoms with Crippen molar-refractivity contribution < 1.29 is 13.2 Å². The van der Waals surface area contributed by atoms with Crippen LogP contribution in [0.15, 0.2) is 53.4 Å². The molecule has 0 unspecified atom stereocenters. The van der Waals surface area contributed by atoms with Crippen LogP contribution in [0.3, 0.4) is 0 Å². The number of rotatable bonds is 10. The minimum Gasteiger partial charge on any atom is -0.355 e. The van der Waals surface area contributed by atoms with Gasteiger partial charge in [0, 0.05) is 12.2 Å². The third kappa shape index (κ3) is 5.22. The van der Waals surface area contributed by atoms with Gasteiger partial charge in [-0.3, -0.25) is 9.52 Å². The predicted molar refractivity (Wildman–Crippen MR) is 121 cm³/mol. The summed E-state index contributed by atoms with van der Waals surface area (Å²) in [6.07, 6.45) is 4.57. The van der Waals surface area contributed by atoms with Gasteiger partial charge in [-0.05, 0) is 67.0 Å². The SMILES string of the molecule is CCCc1ccc(S(=O)(=O)Nc2ccc(C3(C(=O)NCCC(C)C)CC3)cc2)cc1. The number of aryl methyl sites for hydroxylation is 1. The highest BCUT2D eigenvalue weighted by Crippen LogP contribution is 2.48. The number of carbonyl (C=O) groups excluding carboxylic acids is 1. The van der Waals surface area contributed by atoms with Crippen LogP contribution in [0.25, 0.3) is 0 Å². The molecule has 1 saturated carbocycles. The van der Waals surface area contributed by atoms with Gasteiger partial charge in [0.1, 0.15) is 0 Å². The fourth-order valence-electron chi connectivity index (χ4n) is 3.61. The highest BCUT2D eigenvalue weighted by molar-refractivity contribution is 7.92. The van der Waals surface area contributed by atoms with Gasteiger partial charge >= 0.3 is 0 Å². The van der Waals surface area contributed by atoms with Gasteiger partial charge in [-0.25, -0.2) is 8.42 Å². The Morgan fingerprint density at radius 1 is 1.03 bits per heavy atom. The molecule has 0 saturated heterocycles. The summed E-state index contributed by atoms with van der Waals surface area (Å²) in [6.45, 7) is 7.06. The highest BCUT2D eigenvalue weighted by atomic mass is 32.2. The monoisotopic (exact) mass is 428 g/mol. The number of sulfonamides is 1. The largest absolute Gasteiger partial charge is 0.355 e. The number of hydrogen-bond donors (Lipinski definition) is 2. The molecule has 162 valence electrons. The Bertz CT molecular complexity index is 961. The lowest BCUT2D eigenvalue weighted by atomic mass is 9.94. The predicted octanol–water partition coefficient (Wildman–Crippen LogP) is 4.63. The summed E-state index contributed by atoms with van der Waals surface area (Å²) in [6, 6.07) is 14.2. The molecule has 1 amide bonds. The zero-order valence-electron chi connectivity index (χ0n) is 18.1. The Balaban J connectivity index is 1.66. The Labute approximate surface area is 180 Å². The molecular weight excluding hydrogens is 396 g/mol. The van der Waals surface area contributed by atoms with Crippen LogP contribution in [0.5, 0.6) is 0 Å². The molecule has 0 heterocycles. The maximum atomic E-state index is 12.7. The van der Waals surface area contributed by atoms with E-state index in [1.165, 1.54) is 0 Å². The normalized spacial score (nSPS) is 15.1. The van der Waals surface area contributed by atoms with Crippen molar-refractivity contribution in [2.24, 2.45) is 5.92 Å². The quantitative estimate of drug-likeness (QED) is 0.579. The summed E-state index contributed by atoms with van der Waals surface area (Å²) >= 11 is 0. The first-order chi connectivity index (χ1) is 14.3. The van der Waals surface area contributed by atoms with E-state index in [0.29, 0.717) is 18.2 Å². The lowest BCUT2D eigenvalue weighted by Crippen LogP contribution is -2.35. The van der Waals surface area contributed by atoms with Gasteiger partial charge in [0.2, 0.25) is 5.91 Å². The average Bonchev–Trinajstić information content (AvgIpc) is 3.51. The average molecular weight is 429 g/mol. The van der Waals surface area contributed by atoms with E-state index < -0.39 is 15.4 Å². The van der Waals surface area contributed by atoms with E-state index in [-0.39, 0.29) is 10.8 Å². The van der Waals surface area contributed by atoms with Crippen LogP contribution in [0, 0.1) is 5.92 Å². The van der Waals surface area contributed by atoms with E-state index in [0.717, 1.165) is 43.2 Å². The van der Waals surface area contributed by atoms with Crippen LogP contribution in [0.1, 0.15) is 57.6 Å². The second kappa shape index (κ2) is 9.21. The Morgan fingerprint density at radius 3 is 2.20 bits per heavy atom.